The normalized spacial score (nSPS) is 26.2. The highest BCUT2D eigenvalue weighted by Crippen LogP contribution is 2.55. The first-order valence-corrected chi connectivity index (χ1v) is 14.2. The molecule has 1 fully saturated rings. The molecule has 0 saturated carbocycles. The van der Waals surface area contributed by atoms with Crippen LogP contribution in [-0.2, 0) is 19.2 Å². The Morgan fingerprint density at radius 1 is 0.923 bits per heavy atom. The average molecular weight is 653 g/mol. The van der Waals surface area contributed by atoms with Gasteiger partial charge in [-0.1, -0.05) is 39.7 Å². The molecular formula is C30H23Br2NO6. The second-order valence-electron chi connectivity index (χ2n) is 10.0. The zero-order valence-electron chi connectivity index (χ0n) is 20.6. The van der Waals surface area contributed by atoms with E-state index in [-0.39, 0.29) is 47.5 Å². The molecule has 4 aliphatic rings. The van der Waals surface area contributed by atoms with E-state index in [1.54, 1.807) is 36.4 Å². The molecule has 2 amide bonds. The summed E-state index contributed by atoms with van der Waals surface area (Å²) in [4.78, 5) is 55.3. The van der Waals surface area contributed by atoms with Gasteiger partial charge in [0.25, 0.3) is 0 Å². The van der Waals surface area contributed by atoms with Crippen molar-refractivity contribution in [3.8, 4) is 5.75 Å². The van der Waals surface area contributed by atoms with Gasteiger partial charge in [-0.2, -0.15) is 0 Å². The van der Waals surface area contributed by atoms with E-state index in [9.17, 15) is 19.2 Å². The molecule has 1 N–H and O–H groups in total. The molecule has 9 heteroatoms. The van der Waals surface area contributed by atoms with Crippen LogP contribution in [0.4, 0.5) is 5.69 Å². The summed E-state index contributed by atoms with van der Waals surface area (Å²) in [6.45, 7) is 0.0464. The van der Waals surface area contributed by atoms with E-state index in [2.05, 4.69) is 31.9 Å². The van der Waals surface area contributed by atoms with Crippen molar-refractivity contribution >= 4 is 60.9 Å². The number of ketones is 2. The third-order valence-corrected chi connectivity index (χ3v) is 9.11. The minimum absolute atomic E-state index is 0.112. The Hall–Kier alpha value is -3.14. The topological polar surface area (TPSA) is 101 Å². The summed E-state index contributed by atoms with van der Waals surface area (Å²) in [6, 6.07) is 14.3. The number of halogens is 2. The van der Waals surface area contributed by atoms with Crippen molar-refractivity contribution in [2.75, 3.05) is 18.1 Å². The van der Waals surface area contributed by atoms with E-state index in [1.807, 2.05) is 18.2 Å². The first-order chi connectivity index (χ1) is 18.8. The predicted octanol–water partition coefficient (Wildman–Crippen LogP) is 4.79. The second kappa shape index (κ2) is 10.1. The number of Topliss-reactive ketones (excluding diaryl/α,β-unsaturated/α-hetero) is 1. The second-order valence-corrected chi connectivity index (χ2v) is 11.8. The number of amides is 2. The highest BCUT2D eigenvalue weighted by Gasteiger charge is 2.56. The number of rotatable bonds is 5. The molecule has 4 atom stereocenters. The lowest BCUT2D eigenvalue weighted by molar-refractivity contribution is -0.123. The molecule has 1 aliphatic heterocycles. The molecule has 0 radical (unpaired) electrons. The number of carbonyl (C=O) groups is 4. The number of hydrogen-bond donors (Lipinski definition) is 1. The number of benzene rings is 2. The number of fused-ring (bicyclic) bond motifs is 3. The standard InChI is InChI=1S/C30H23Br2NO6/c31-16-3-5-17(6-4-16)33-29(37)20-10-9-19-21(26(20)30(33)38)13-22-27(24(35)14-23(32)28(22)36)25(19)15-1-7-18(8-2-15)39-12-11-34/h1-9,14,20-21,25-26,34H,10-13H2/t20-,21+,25-,26-/m0/s1. The summed E-state index contributed by atoms with van der Waals surface area (Å²) in [5.41, 5.74) is 3.03. The maximum absolute atomic E-state index is 13.9. The number of ether oxygens (including phenoxy) is 1. The van der Waals surface area contributed by atoms with Gasteiger partial charge in [0.2, 0.25) is 11.8 Å². The zero-order chi connectivity index (χ0) is 27.4. The summed E-state index contributed by atoms with van der Waals surface area (Å²) in [5.74, 6) is -2.53. The third kappa shape index (κ3) is 4.27. The summed E-state index contributed by atoms with van der Waals surface area (Å²) < 4.78 is 6.54. The summed E-state index contributed by atoms with van der Waals surface area (Å²) >= 11 is 6.65. The quantitative estimate of drug-likeness (QED) is 0.283. The molecule has 6 rings (SSSR count). The summed E-state index contributed by atoms with van der Waals surface area (Å²) in [7, 11) is 0. The van der Waals surface area contributed by atoms with E-state index < -0.39 is 23.7 Å². The van der Waals surface area contributed by atoms with Crippen LogP contribution in [0, 0.1) is 17.8 Å². The number of nitrogens with zero attached hydrogens (tertiary/aromatic N) is 1. The maximum Gasteiger partial charge on any atom is 0.238 e. The van der Waals surface area contributed by atoms with E-state index in [1.165, 1.54) is 11.0 Å². The Morgan fingerprint density at radius 2 is 1.64 bits per heavy atom. The highest BCUT2D eigenvalue weighted by atomic mass is 79.9. The van der Waals surface area contributed by atoms with Crippen LogP contribution in [0.5, 0.6) is 5.75 Å². The molecule has 1 heterocycles. The molecule has 1 saturated heterocycles. The van der Waals surface area contributed by atoms with Crippen molar-refractivity contribution in [1.82, 2.24) is 0 Å². The van der Waals surface area contributed by atoms with Gasteiger partial charge in [-0.15, -0.1) is 0 Å². The Labute approximate surface area is 241 Å². The van der Waals surface area contributed by atoms with Gasteiger partial charge in [-0.25, -0.2) is 0 Å². The van der Waals surface area contributed by atoms with Crippen LogP contribution in [0.15, 0.2) is 86.4 Å². The van der Waals surface area contributed by atoms with Gasteiger partial charge < -0.3 is 9.84 Å². The Kier molecular flexibility index (Phi) is 6.77. The first kappa shape index (κ1) is 26.1. The van der Waals surface area contributed by atoms with E-state index in [0.717, 1.165) is 15.6 Å². The van der Waals surface area contributed by atoms with Crippen molar-refractivity contribution in [3.05, 3.63) is 91.9 Å². The van der Waals surface area contributed by atoms with Gasteiger partial charge in [0, 0.05) is 27.6 Å². The Balaban J connectivity index is 1.43. The average Bonchev–Trinajstić information content (AvgIpc) is 3.20. The van der Waals surface area contributed by atoms with Crippen molar-refractivity contribution in [1.29, 1.82) is 0 Å². The molecular weight excluding hydrogens is 630 g/mol. The molecule has 7 nitrogen and oxygen atoms in total. The fourth-order valence-electron chi connectivity index (χ4n) is 6.35. The Morgan fingerprint density at radius 3 is 2.33 bits per heavy atom. The first-order valence-electron chi connectivity index (χ1n) is 12.7. The smallest absolute Gasteiger partial charge is 0.238 e. The van der Waals surface area contributed by atoms with Gasteiger partial charge in [-0.3, -0.25) is 24.1 Å². The number of anilines is 1. The van der Waals surface area contributed by atoms with Crippen LogP contribution in [0.3, 0.4) is 0 Å². The summed E-state index contributed by atoms with van der Waals surface area (Å²) in [6.07, 6.45) is 3.92. The number of carbonyl (C=O) groups excluding carboxylic acids is 4. The number of hydrogen-bond acceptors (Lipinski definition) is 6. The fourth-order valence-corrected chi connectivity index (χ4v) is 7.06. The molecule has 3 aliphatic carbocycles. The largest absolute Gasteiger partial charge is 0.491 e. The minimum atomic E-state index is -0.627. The maximum atomic E-state index is 13.9. The molecule has 198 valence electrons. The molecule has 2 aromatic carbocycles. The monoisotopic (exact) mass is 651 g/mol. The van der Waals surface area contributed by atoms with Crippen LogP contribution in [-0.4, -0.2) is 41.7 Å². The van der Waals surface area contributed by atoms with Crippen LogP contribution in [0.25, 0.3) is 0 Å². The van der Waals surface area contributed by atoms with Crippen LogP contribution in [0.1, 0.15) is 24.3 Å². The van der Waals surface area contributed by atoms with Gasteiger partial charge in [0.15, 0.2) is 11.6 Å². The lowest BCUT2D eigenvalue weighted by Crippen LogP contribution is -2.39. The van der Waals surface area contributed by atoms with Gasteiger partial charge in [-0.05, 0) is 76.7 Å². The highest BCUT2D eigenvalue weighted by molar-refractivity contribution is 9.12. The lowest BCUT2D eigenvalue weighted by atomic mass is 9.59. The van der Waals surface area contributed by atoms with Gasteiger partial charge >= 0.3 is 0 Å². The van der Waals surface area contributed by atoms with Crippen LogP contribution < -0.4 is 9.64 Å². The SMILES string of the molecule is O=C1C=C(Br)C(=O)C2=C1[C@@H](c1ccc(OCCO)cc1)C1=CC[C@@H]3C(=O)N(c4ccc(Br)cc4)C(=O)[C@@H]3[C@@H]1C2. The van der Waals surface area contributed by atoms with Crippen molar-refractivity contribution in [3.63, 3.8) is 0 Å². The van der Waals surface area contributed by atoms with E-state index in [0.29, 0.717) is 29.0 Å². The van der Waals surface area contributed by atoms with E-state index in [4.69, 9.17) is 9.84 Å². The molecule has 0 aromatic heterocycles. The fraction of sp³-hybridized carbons (Fsp3) is 0.267. The Bertz CT molecular complexity index is 1500. The number of aliphatic hydroxyl groups is 1. The predicted molar refractivity (Wildman–Crippen MR) is 150 cm³/mol. The molecule has 0 unspecified atom stereocenters. The number of allylic oxidation sites excluding steroid dienone is 6. The molecule has 0 bridgehead atoms. The van der Waals surface area contributed by atoms with Crippen LogP contribution >= 0.6 is 31.9 Å². The van der Waals surface area contributed by atoms with E-state index >= 15 is 0 Å². The minimum Gasteiger partial charge on any atom is -0.491 e. The molecule has 39 heavy (non-hydrogen) atoms. The van der Waals surface area contributed by atoms with Crippen molar-refractivity contribution in [2.24, 2.45) is 17.8 Å². The zero-order valence-corrected chi connectivity index (χ0v) is 23.8. The van der Waals surface area contributed by atoms with Crippen LogP contribution in [0.2, 0.25) is 0 Å². The number of aliphatic hydroxyl groups excluding tert-OH is 1. The molecule has 0 spiro atoms. The van der Waals surface area contributed by atoms with Gasteiger partial charge in [0.1, 0.15) is 12.4 Å². The lowest BCUT2D eigenvalue weighted by Gasteiger charge is -2.42. The van der Waals surface area contributed by atoms with Gasteiger partial charge in [0.05, 0.1) is 28.6 Å². The summed E-state index contributed by atoms with van der Waals surface area (Å²) in [5, 5.41) is 9.06. The third-order valence-electron chi connectivity index (χ3n) is 7.99. The van der Waals surface area contributed by atoms with Crippen molar-refractivity contribution in [2.45, 2.75) is 18.8 Å². The van der Waals surface area contributed by atoms with Crippen molar-refractivity contribution < 1.29 is 29.0 Å². The number of imide groups is 1. The molecule has 2 aromatic rings.